The summed E-state index contributed by atoms with van der Waals surface area (Å²) in [5.74, 6) is 0.0948. The predicted octanol–water partition coefficient (Wildman–Crippen LogP) is 2.63. The van der Waals surface area contributed by atoms with Crippen molar-refractivity contribution in [3.8, 4) is 0 Å². The molecule has 0 radical (unpaired) electrons. The minimum absolute atomic E-state index is 0.0263. The highest BCUT2D eigenvalue weighted by atomic mass is 16.5. The van der Waals surface area contributed by atoms with Crippen molar-refractivity contribution in [2.45, 2.75) is 83.3 Å². The van der Waals surface area contributed by atoms with Crippen molar-refractivity contribution in [2.24, 2.45) is 0 Å². The molecule has 1 aliphatic heterocycles. The van der Waals surface area contributed by atoms with Crippen LogP contribution in [0.1, 0.15) is 71.1 Å². The van der Waals surface area contributed by atoms with Gasteiger partial charge in [0.05, 0.1) is 6.10 Å². The van der Waals surface area contributed by atoms with E-state index in [0.717, 1.165) is 32.3 Å². The van der Waals surface area contributed by atoms with Crippen molar-refractivity contribution in [1.29, 1.82) is 0 Å². The molecule has 5 heteroatoms. The third-order valence-electron chi connectivity index (χ3n) is 4.97. The van der Waals surface area contributed by atoms with E-state index in [-0.39, 0.29) is 17.9 Å². The van der Waals surface area contributed by atoms with Gasteiger partial charge in [0, 0.05) is 38.6 Å². The summed E-state index contributed by atoms with van der Waals surface area (Å²) in [6.45, 7) is 4.14. The van der Waals surface area contributed by atoms with Gasteiger partial charge in [0.15, 0.2) is 0 Å². The van der Waals surface area contributed by atoms with E-state index < -0.39 is 0 Å². The molecule has 0 spiro atoms. The van der Waals surface area contributed by atoms with E-state index in [1.807, 2.05) is 11.8 Å². The Labute approximate surface area is 140 Å². The molecule has 0 bridgehead atoms. The molecule has 1 aliphatic carbocycles. The third-order valence-corrected chi connectivity index (χ3v) is 4.97. The Hall–Kier alpha value is -1.10. The number of carbonyl (C=O) groups is 2. The molecular weight excluding hydrogens is 292 g/mol. The van der Waals surface area contributed by atoms with Crippen LogP contribution in [0.4, 0.5) is 0 Å². The molecule has 0 unspecified atom stereocenters. The first-order valence-electron chi connectivity index (χ1n) is 9.37. The Balaban J connectivity index is 1.67. The van der Waals surface area contributed by atoms with Gasteiger partial charge in [-0.1, -0.05) is 25.7 Å². The fourth-order valence-electron chi connectivity index (χ4n) is 3.54. The van der Waals surface area contributed by atoms with Gasteiger partial charge in [0.1, 0.15) is 0 Å². The van der Waals surface area contributed by atoms with Gasteiger partial charge in [0.25, 0.3) is 0 Å². The molecule has 2 amide bonds. The number of hydrogen-bond donors (Lipinski definition) is 1. The van der Waals surface area contributed by atoms with E-state index in [4.69, 9.17) is 4.74 Å². The van der Waals surface area contributed by atoms with Crippen LogP contribution < -0.4 is 5.32 Å². The van der Waals surface area contributed by atoms with Crippen molar-refractivity contribution in [3.05, 3.63) is 0 Å². The lowest BCUT2D eigenvalue weighted by Crippen LogP contribution is -2.39. The molecule has 132 valence electrons. The second-order valence-electron chi connectivity index (χ2n) is 6.82. The number of carbonyl (C=O) groups excluding carboxylic acids is 2. The maximum atomic E-state index is 12.3. The highest BCUT2D eigenvalue weighted by molar-refractivity contribution is 5.83. The lowest BCUT2D eigenvalue weighted by Gasteiger charge is -2.24. The van der Waals surface area contributed by atoms with Gasteiger partial charge in [-0.3, -0.25) is 9.59 Å². The number of nitrogens with one attached hydrogen (secondary N) is 1. The van der Waals surface area contributed by atoms with E-state index in [1.165, 1.54) is 25.7 Å². The molecule has 0 aromatic carbocycles. The number of ether oxygens (including phenoxy) is 1. The zero-order chi connectivity index (χ0) is 16.5. The van der Waals surface area contributed by atoms with Crippen molar-refractivity contribution < 1.29 is 14.3 Å². The predicted molar refractivity (Wildman–Crippen MR) is 90.1 cm³/mol. The molecule has 23 heavy (non-hydrogen) atoms. The van der Waals surface area contributed by atoms with Gasteiger partial charge >= 0.3 is 0 Å². The summed E-state index contributed by atoms with van der Waals surface area (Å²) in [6, 6.07) is 0.314. The van der Waals surface area contributed by atoms with E-state index >= 15 is 0 Å². The van der Waals surface area contributed by atoms with Crippen LogP contribution in [0, 0.1) is 0 Å². The van der Waals surface area contributed by atoms with Crippen LogP contribution in [0.25, 0.3) is 0 Å². The van der Waals surface area contributed by atoms with Crippen molar-refractivity contribution >= 4 is 11.8 Å². The van der Waals surface area contributed by atoms with Crippen LogP contribution in [0.15, 0.2) is 0 Å². The van der Waals surface area contributed by atoms with E-state index in [0.29, 0.717) is 32.0 Å². The first-order chi connectivity index (χ1) is 11.2. The second-order valence-corrected chi connectivity index (χ2v) is 6.82. The smallest absolute Gasteiger partial charge is 0.223 e. The molecule has 1 saturated heterocycles. The third kappa shape index (κ3) is 6.50. The van der Waals surface area contributed by atoms with Crippen LogP contribution in [0.3, 0.4) is 0 Å². The summed E-state index contributed by atoms with van der Waals surface area (Å²) in [7, 11) is 0. The Bertz CT molecular complexity index is 372. The summed E-state index contributed by atoms with van der Waals surface area (Å²) in [5, 5.41) is 3.11. The maximum Gasteiger partial charge on any atom is 0.223 e. The van der Waals surface area contributed by atoms with Gasteiger partial charge < -0.3 is 15.0 Å². The number of nitrogens with zero attached hydrogens (tertiary/aromatic N) is 1. The summed E-state index contributed by atoms with van der Waals surface area (Å²) in [5.41, 5.74) is 0. The highest BCUT2D eigenvalue weighted by Crippen LogP contribution is 2.17. The van der Waals surface area contributed by atoms with E-state index in [1.54, 1.807) is 0 Å². The molecule has 1 saturated carbocycles. The summed E-state index contributed by atoms with van der Waals surface area (Å²) < 4.78 is 5.60. The topological polar surface area (TPSA) is 58.6 Å². The van der Waals surface area contributed by atoms with E-state index in [2.05, 4.69) is 5.32 Å². The fraction of sp³-hybridized carbons (Fsp3) is 0.889. The Kier molecular flexibility index (Phi) is 7.86. The minimum atomic E-state index is 0.0263. The number of hydrogen-bond acceptors (Lipinski definition) is 3. The first-order valence-corrected chi connectivity index (χ1v) is 9.37. The molecule has 5 nitrogen and oxygen atoms in total. The largest absolute Gasteiger partial charge is 0.376 e. The van der Waals surface area contributed by atoms with Crippen LogP contribution in [0.5, 0.6) is 0 Å². The molecule has 2 fully saturated rings. The van der Waals surface area contributed by atoms with Crippen molar-refractivity contribution in [1.82, 2.24) is 10.2 Å². The molecule has 0 aromatic rings. The molecule has 2 aliphatic rings. The van der Waals surface area contributed by atoms with Crippen molar-refractivity contribution in [2.75, 3.05) is 19.7 Å². The quantitative estimate of drug-likeness (QED) is 0.732. The standard InChI is InChI=1S/C18H32N2O3/c1-2-20(14-16-10-7-13-23-16)18(22)12-11-17(21)19-15-8-5-3-4-6-9-15/h15-16H,2-14H2,1H3,(H,19,21)/t16-/m1/s1. The Morgan fingerprint density at radius 2 is 1.78 bits per heavy atom. The molecule has 2 rings (SSSR count). The van der Waals surface area contributed by atoms with Crippen LogP contribution >= 0.6 is 0 Å². The minimum Gasteiger partial charge on any atom is -0.376 e. The summed E-state index contributed by atoms with van der Waals surface area (Å²) in [6.07, 6.45) is 10.0. The number of rotatable bonds is 7. The van der Waals surface area contributed by atoms with E-state index in [9.17, 15) is 9.59 Å². The molecule has 1 atom stereocenters. The van der Waals surface area contributed by atoms with Gasteiger partial charge in [-0.25, -0.2) is 0 Å². The van der Waals surface area contributed by atoms with Gasteiger partial charge in [0.2, 0.25) is 11.8 Å². The highest BCUT2D eigenvalue weighted by Gasteiger charge is 2.22. The first kappa shape index (κ1) is 18.2. The van der Waals surface area contributed by atoms with Crippen LogP contribution in [-0.4, -0.2) is 48.6 Å². The average Bonchev–Trinajstić information content (AvgIpc) is 2.93. The fourth-order valence-corrected chi connectivity index (χ4v) is 3.54. The van der Waals surface area contributed by atoms with Gasteiger partial charge in [-0.15, -0.1) is 0 Å². The zero-order valence-electron chi connectivity index (χ0n) is 14.5. The van der Waals surface area contributed by atoms with Gasteiger partial charge in [-0.05, 0) is 32.6 Å². The molecular formula is C18H32N2O3. The molecule has 0 aromatic heterocycles. The maximum absolute atomic E-state index is 12.3. The SMILES string of the molecule is CCN(C[C@H]1CCCO1)C(=O)CCC(=O)NC1CCCCCC1. The normalized spacial score (nSPS) is 22.6. The summed E-state index contributed by atoms with van der Waals surface area (Å²) in [4.78, 5) is 26.2. The average molecular weight is 324 g/mol. The van der Waals surface area contributed by atoms with Gasteiger partial charge in [-0.2, -0.15) is 0 Å². The number of likely N-dealkylation sites (N-methyl/N-ethyl adjacent to an activating group) is 1. The van der Waals surface area contributed by atoms with Crippen LogP contribution in [-0.2, 0) is 14.3 Å². The Morgan fingerprint density at radius 3 is 2.39 bits per heavy atom. The summed E-state index contributed by atoms with van der Waals surface area (Å²) >= 11 is 0. The number of amides is 2. The lowest BCUT2D eigenvalue weighted by molar-refractivity contribution is -0.134. The Morgan fingerprint density at radius 1 is 1.04 bits per heavy atom. The molecule has 1 N–H and O–H groups in total. The van der Waals surface area contributed by atoms with Crippen molar-refractivity contribution in [3.63, 3.8) is 0 Å². The lowest BCUT2D eigenvalue weighted by atomic mass is 10.1. The molecule has 1 heterocycles. The second kappa shape index (κ2) is 9.91. The van der Waals surface area contributed by atoms with Crippen LogP contribution in [0.2, 0.25) is 0 Å². The monoisotopic (exact) mass is 324 g/mol. The zero-order valence-corrected chi connectivity index (χ0v) is 14.5.